The molecule has 2 rings (SSSR count). The first-order valence-electron chi connectivity index (χ1n) is 7.20. The van der Waals surface area contributed by atoms with Gasteiger partial charge in [0, 0.05) is 33.7 Å². The topological polar surface area (TPSA) is 100 Å². The number of nitrogens with zero attached hydrogens (tertiary/aromatic N) is 5. The van der Waals surface area contributed by atoms with Crippen LogP contribution in [-0.4, -0.2) is 54.6 Å². The van der Waals surface area contributed by atoms with Gasteiger partial charge in [-0.25, -0.2) is 0 Å². The molecule has 1 aromatic heterocycles. The average Bonchev–Trinajstić information content (AvgIpc) is 2.99. The second kappa shape index (κ2) is 6.55. The van der Waals surface area contributed by atoms with Crippen molar-refractivity contribution >= 4 is 23.8 Å². The van der Waals surface area contributed by atoms with Crippen molar-refractivity contribution in [1.82, 2.24) is 20.3 Å². The van der Waals surface area contributed by atoms with Gasteiger partial charge in [-0.1, -0.05) is 6.92 Å². The Morgan fingerprint density at radius 2 is 2.05 bits per heavy atom. The van der Waals surface area contributed by atoms with Crippen molar-refractivity contribution in [2.45, 2.75) is 19.8 Å². The van der Waals surface area contributed by atoms with E-state index in [4.69, 9.17) is 5.73 Å². The zero-order valence-corrected chi connectivity index (χ0v) is 12.8. The lowest BCUT2D eigenvalue weighted by molar-refractivity contribution is -0.123. The van der Waals surface area contributed by atoms with Crippen molar-refractivity contribution in [3.63, 3.8) is 0 Å². The summed E-state index contributed by atoms with van der Waals surface area (Å²) in [6, 6.07) is 0. The normalized spacial score (nSPS) is 15.9. The van der Waals surface area contributed by atoms with Crippen molar-refractivity contribution in [2.75, 3.05) is 49.3 Å². The molecule has 116 valence electrons. The lowest BCUT2D eigenvalue weighted by atomic mass is 10.1. The van der Waals surface area contributed by atoms with Crippen LogP contribution in [-0.2, 0) is 4.79 Å². The number of nitrogen functional groups attached to an aromatic ring is 1. The average molecular weight is 293 g/mol. The van der Waals surface area contributed by atoms with E-state index in [1.807, 2.05) is 18.9 Å². The molecule has 2 heterocycles. The molecule has 1 unspecified atom stereocenters. The zero-order valence-electron chi connectivity index (χ0n) is 12.8. The maximum Gasteiger partial charge on any atom is 0.231 e. The number of amides is 1. The van der Waals surface area contributed by atoms with Gasteiger partial charge < -0.3 is 20.9 Å². The maximum absolute atomic E-state index is 11.6. The van der Waals surface area contributed by atoms with Crippen LogP contribution in [0.15, 0.2) is 0 Å². The monoisotopic (exact) mass is 293 g/mol. The van der Waals surface area contributed by atoms with E-state index in [1.165, 1.54) is 0 Å². The van der Waals surface area contributed by atoms with E-state index in [0.717, 1.165) is 25.9 Å². The largest absolute Gasteiger partial charge is 0.368 e. The highest BCUT2D eigenvalue weighted by Gasteiger charge is 2.20. The number of nitrogens with one attached hydrogen (secondary N) is 1. The second-order valence-electron chi connectivity index (χ2n) is 5.38. The molecule has 1 aliphatic heterocycles. The summed E-state index contributed by atoms with van der Waals surface area (Å²) in [6.07, 6.45) is 2.29. The summed E-state index contributed by atoms with van der Waals surface area (Å²) in [5.41, 5.74) is 5.79. The lowest BCUT2D eigenvalue weighted by Crippen LogP contribution is -2.35. The molecule has 1 aliphatic rings. The summed E-state index contributed by atoms with van der Waals surface area (Å²) in [7, 11) is 3.48. The minimum Gasteiger partial charge on any atom is -0.368 e. The molecule has 0 saturated carbocycles. The van der Waals surface area contributed by atoms with Gasteiger partial charge in [0.1, 0.15) is 0 Å². The first-order chi connectivity index (χ1) is 10.0. The maximum atomic E-state index is 11.6. The summed E-state index contributed by atoms with van der Waals surface area (Å²) >= 11 is 0. The Hall–Kier alpha value is -2.12. The molecule has 8 heteroatoms. The van der Waals surface area contributed by atoms with Gasteiger partial charge in [0.25, 0.3) is 0 Å². The molecule has 0 radical (unpaired) electrons. The summed E-state index contributed by atoms with van der Waals surface area (Å²) in [4.78, 5) is 28.4. The van der Waals surface area contributed by atoms with Crippen molar-refractivity contribution < 1.29 is 4.79 Å². The van der Waals surface area contributed by atoms with Crippen LogP contribution in [0.3, 0.4) is 0 Å². The van der Waals surface area contributed by atoms with E-state index < -0.39 is 0 Å². The summed E-state index contributed by atoms with van der Waals surface area (Å²) in [5.74, 6) is 1.16. The number of hydrogen-bond donors (Lipinski definition) is 2. The van der Waals surface area contributed by atoms with Crippen LogP contribution in [0, 0.1) is 5.92 Å². The van der Waals surface area contributed by atoms with Crippen LogP contribution in [0.4, 0.5) is 17.8 Å². The highest BCUT2D eigenvalue weighted by molar-refractivity contribution is 5.78. The Bertz CT molecular complexity index is 501. The fraction of sp³-hybridized carbons (Fsp3) is 0.692. The third kappa shape index (κ3) is 3.71. The molecule has 0 bridgehead atoms. The van der Waals surface area contributed by atoms with Gasteiger partial charge in [-0.15, -0.1) is 0 Å². The van der Waals surface area contributed by atoms with E-state index in [-0.39, 0.29) is 17.8 Å². The molecule has 1 aromatic rings. The quantitative estimate of drug-likeness (QED) is 0.780. The molecular formula is C13H23N7O. The number of hydrogen-bond acceptors (Lipinski definition) is 7. The Morgan fingerprint density at radius 1 is 1.38 bits per heavy atom. The van der Waals surface area contributed by atoms with Crippen LogP contribution in [0.5, 0.6) is 0 Å². The van der Waals surface area contributed by atoms with Crippen LogP contribution in [0.2, 0.25) is 0 Å². The van der Waals surface area contributed by atoms with E-state index in [2.05, 4.69) is 25.2 Å². The van der Waals surface area contributed by atoms with Crippen LogP contribution >= 0.6 is 0 Å². The molecule has 1 amide bonds. The number of carbonyl (C=O) groups is 1. The summed E-state index contributed by atoms with van der Waals surface area (Å²) < 4.78 is 0. The van der Waals surface area contributed by atoms with Crippen molar-refractivity contribution in [3.05, 3.63) is 0 Å². The molecule has 8 nitrogen and oxygen atoms in total. The second-order valence-corrected chi connectivity index (χ2v) is 5.38. The third-order valence-corrected chi connectivity index (χ3v) is 3.60. The molecule has 21 heavy (non-hydrogen) atoms. The van der Waals surface area contributed by atoms with Crippen molar-refractivity contribution in [2.24, 2.45) is 5.92 Å². The molecule has 0 aromatic carbocycles. The summed E-state index contributed by atoms with van der Waals surface area (Å²) in [5, 5.41) is 2.64. The number of nitrogens with two attached hydrogens (primary N) is 1. The first kappa shape index (κ1) is 15.3. The van der Waals surface area contributed by atoms with E-state index in [0.29, 0.717) is 18.4 Å². The minimum absolute atomic E-state index is 0.0105. The number of carbonyl (C=O) groups excluding carboxylic acids is 1. The van der Waals surface area contributed by atoms with E-state index in [9.17, 15) is 4.79 Å². The first-order valence-corrected chi connectivity index (χ1v) is 7.20. The smallest absolute Gasteiger partial charge is 0.231 e. The fourth-order valence-corrected chi connectivity index (χ4v) is 2.42. The molecule has 0 spiro atoms. The van der Waals surface area contributed by atoms with Gasteiger partial charge in [0.15, 0.2) is 0 Å². The molecule has 1 atom stereocenters. The van der Waals surface area contributed by atoms with E-state index in [1.54, 1.807) is 7.05 Å². The lowest BCUT2D eigenvalue weighted by Gasteiger charge is -2.22. The Morgan fingerprint density at radius 3 is 2.67 bits per heavy atom. The predicted octanol–water partition coefficient (Wildman–Crippen LogP) is -0.128. The van der Waals surface area contributed by atoms with Crippen molar-refractivity contribution in [3.8, 4) is 0 Å². The number of anilines is 3. The Balaban J connectivity index is 2.13. The molecule has 1 saturated heterocycles. The van der Waals surface area contributed by atoms with E-state index >= 15 is 0 Å². The van der Waals surface area contributed by atoms with Gasteiger partial charge in [0.05, 0.1) is 5.92 Å². The molecule has 0 aliphatic carbocycles. The minimum atomic E-state index is -0.159. The Kier molecular flexibility index (Phi) is 4.77. The molecule has 3 N–H and O–H groups in total. The molecule has 1 fully saturated rings. The predicted molar refractivity (Wildman–Crippen MR) is 82.2 cm³/mol. The van der Waals surface area contributed by atoms with Gasteiger partial charge in [0.2, 0.25) is 23.8 Å². The van der Waals surface area contributed by atoms with Crippen LogP contribution in [0.25, 0.3) is 0 Å². The van der Waals surface area contributed by atoms with Gasteiger partial charge in [-0.2, -0.15) is 15.0 Å². The molecular weight excluding hydrogens is 270 g/mol. The van der Waals surface area contributed by atoms with Gasteiger partial charge >= 0.3 is 0 Å². The summed E-state index contributed by atoms with van der Waals surface area (Å²) in [6.45, 7) is 4.27. The zero-order chi connectivity index (χ0) is 15.4. The Labute approximate surface area is 124 Å². The highest BCUT2D eigenvalue weighted by atomic mass is 16.1. The van der Waals surface area contributed by atoms with Crippen LogP contribution < -0.4 is 20.9 Å². The van der Waals surface area contributed by atoms with Crippen molar-refractivity contribution in [1.29, 1.82) is 0 Å². The van der Waals surface area contributed by atoms with Gasteiger partial charge in [-0.05, 0) is 12.8 Å². The SMILES string of the molecule is CNC(=O)C(C)CN(C)c1nc(N)nc(N2CCCC2)n1. The number of aromatic nitrogens is 3. The number of rotatable bonds is 5. The fourth-order valence-electron chi connectivity index (χ4n) is 2.42. The standard InChI is InChI=1S/C13H23N7O/c1-9(10(21)15-2)8-19(3)12-16-11(14)17-13(18-12)20-6-4-5-7-20/h9H,4-8H2,1-3H3,(H,15,21)(H2,14,16,17,18). The van der Waals surface area contributed by atoms with Crippen LogP contribution in [0.1, 0.15) is 19.8 Å². The van der Waals surface area contributed by atoms with Gasteiger partial charge in [-0.3, -0.25) is 4.79 Å². The third-order valence-electron chi connectivity index (χ3n) is 3.60. The highest BCUT2D eigenvalue weighted by Crippen LogP contribution is 2.19.